The summed E-state index contributed by atoms with van der Waals surface area (Å²) in [7, 11) is -3.70. The summed E-state index contributed by atoms with van der Waals surface area (Å²) in [6.07, 6.45) is 4.13. The minimum absolute atomic E-state index is 0.0389. The van der Waals surface area contributed by atoms with Crippen molar-refractivity contribution < 1.29 is 13.5 Å². The number of anilines is 1. The molecule has 0 radical (unpaired) electrons. The van der Waals surface area contributed by atoms with Crippen LogP contribution in [0.5, 0.6) is 0 Å². The summed E-state index contributed by atoms with van der Waals surface area (Å²) < 4.78 is 26.6. The maximum absolute atomic E-state index is 12.6. The Bertz CT molecular complexity index is 530. The number of pyridine rings is 1. The fraction of sp³-hybridized carbons (Fsp3) is 0.545. The lowest BCUT2D eigenvalue weighted by molar-refractivity contribution is 0.178. The van der Waals surface area contributed by atoms with E-state index >= 15 is 0 Å². The predicted molar refractivity (Wildman–Crippen MR) is 70.7 cm³/mol. The second-order valence-corrected chi connectivity index (χ2v) is 6.28. The Morgan fingerprint density at radius 2 is 2.26 bits per heavy atom. The Hall–Kier alpha value is -1.22. The van der Waals surface area contributed by atoms with Gasteiger partial charge < -0.3 is 10.5 Å². The molecule has 4 N–H and O–H groups in total. The first-order valence-electron chi connectivity index (χ1n) is 6.15. The summed E-state index contributed by atoms with van der Waals surface area (Å²) in [5.74, 6) is 5.41. The van der Waals surface area contributed by atoms with Crippen LogP contribution in [0.4, 0.5) is 5.82 Å². The highest BCUT2D eigenvalue weighted by Gasteiger charge is 2.35. The number of hydrogen-bond donors (Lipinski definition) is 3. The zero-order valence-corrected chi connectivity index (χ0v) is 11.3. The number of hydrazine groups is 1. The third-order valence-corrected chi connectivity index (χ3v) is 5.28. The van der Waals surface area contributed by atoms with Gasteiger partial charge in [-0.3, -0.25) is 0 Å². The molecule has 0 saturated heterocycles. The van der Waals surface area contributed by atoms with Crippen LogP contribution in [0.15, 0.2) is 23.2 Å². The van der Waals surface area contributed by atoms with E-state index in [9.17, 15) is 8.42 Å². The fourth-order valence-corrected chi connectivity index (χ4v) is 3.89. The van der Waals surface area contributed by atoms with Gasteiger partial charge in [-0.25, -0.2) is 19.2 Å². The molecule has 1 heterocycles. The van der Waals surface area contributed by atoms with Crippen molar-refractivity contribution in [3.63, 3.8) is 0 Å². The predicted octanol–water partition coefficient (Wildman–Crippen LogP) is -0.0973. The van der Waals surface area contributed by atoms with Gasteiger partial charge in [0, 0.05) is 18.8 Å². The zero-order valence-electron chi connectivity index (χ0n) is 10.5. The smallest absolute Gasteiger partial charge is 0.247 e. The van der Waals surface area contributed by atoms with Gasteiger partial charge in [0.05, 0.1) is 6.61 Å². The van der Waals surface area contributed by atoms with E-state index in [0.717, 1.165) is 19.3 Å². The summed E-state index contributed by atoms with van der Waals surface area (Å²) in [5.41, 5.74) is 2.29. The number of nitrogens with one attached hydrogen (secondary N) is 1. The highest BCUT2D eigenvalue weighted by Crippen LogP contribution is 2.31. The molecule has 0 atom stereocenters. The van der Waals surface area contributed by atoms with Crippen molar-refractivity contribution in [3.8, 4) is 0 Å². The molecule has 1 saturated carbocycles. The van der Waals surface area contributed by atoms with E-state index in [1.165, 1.54) is 16.6 Å². The van der Waals surface area contributed by atoms with Gasteiger partial charge in [-0.05, 0) is 25.0 Å². The van der Waals surface area contributed by atoms with E-state index in [0.29, 0.717) is 0 Å². The molecule has 8 heteroatoms. The van der Waals surface area contributed by atoms with Crippen molar-refractivity contribution in [1.82, 2.24) is 9.29 Å². The van der Waals surface area contributed by atoms with Gasteiger partial charge in [0.15, 0.2) is 5.82 Å². The van der Waals surface area contributed by atoms with Crippen LogP contribution < -0.4 is 11.3 Å². The average molecular weight is 286 g/mol. The first-order valence-corrected chi connectivity index (χ1v) is 7.59. The summed E-state index contributed by atoms with van der Waals surface area (Å²) in [5, 5.41) is 9.08. The largest absolute Gasteiger partial charge is 0.395 e. The van der Waals surface area contributed by atoms with E-state index in [1.807, 2.05) is 0 Å². The summed E-state index contributed by atoms with van der Waals surface area (Å²) >= 11 is 0. The Labute approximate surface area is 112 Å². The third-order valence-electron chi connectivity index (χ3n) is 3.30. The van der Waals surface area contributed by atoms with Gasteiger partial charge in [-0.2, -0.15) is 4.31 Å². The highest BCUT2D eigenvalue weighted by molar-refractivity contribution is 7.89. The van der Waals surface area contributed by atoms with E-state index < -0.39 is 10.0 Å². The van der Waals surface area contributed by atoms with Crippen molar-refractivity contribution in [1.29, 1.82) is 0 Å². The molecule has 1 aliphatic rings. The third kappa shape index (κ3) is 2.71. The molecule has 0 amide bonds. The number of hydrogen-bond acceptors (Lipinski definition) is 6. The second kappa shape index (κ2) is 5.83. The summed E-state index contributed by atoms with van der Waals surface area (Å²) in [6, 6.07) is 2.97. The molecule has 1 fully saturated rings. The van der Waals surface area contributed by atoms with E-state index in [-0.39, 0.29) is 29.9 Å². The molecule has 0 unspecified atom stereocenters. The van der Waals surface area contributed by atoms with Crippen molar-refractivity contribution in [2.24, 2.45) is 5.84 Å². The first-order chi connectivity index (χ1) is 9.11. The van der Waals surface area contributed by atoms with Crippen LogP contribution in [0.25, 0.3) is 0 Å². The molecule has 1 aliphatic carbocycles. The van der Waals surface area contributed by atoms with Crippen LogP contribution in [-0.4, -0.2) is 42.0 Å². The monoisotopic (exact) mass is 286 g/mol. The van der Waals surface area contributed by atoms with Crippen LogP contribution in [0.3, 0.4) is 0 Å². The molecule has 0 aliphatic heterocycles. The minimum atomic E-state index is -3.70. The summed E-state index contributed by atoms with van der Waals surface area (Å²) in [6.45, 7) is -0.118. The zero-order chi connectivity index (χ0) is 13.9. The molecule has 0 spiro atoms. The Balaban J connectivity index is 2.38. The van der Waals surface area contributed by atoms with Crippen LogP contribution in [-0.2, 0) is 10.0 Å². The Kier molecular flexibility index (Phi) is 4.35. The lowest BCUT2D eigenvalue weighted by Gasteiger charge is -2.36. The molecule has 7 nitrogen and oxygen atoms in total. The number of nitrogens with two attached hydrogens (primary N) is 1. The number of aliphatic hydroxyl groups is 1. The van der Waals surface area contributed by atoms with Gasteiger partial charge in [-0.1, -0.05) is 6.42 Å². The van der Waals surface area contributed by atoms with E-state index in [4.69, 9.17) is 10.9 Å². The van der Waals surface area contributed by atoms with Crippen molar-refractivity contribution >= 4 is 15.8 Å². The Morgan fingerprint density at radius 3 is 2.79 bits per heavy atom. The topological polar surface area (TPSA) is 109 Å². The Morgan fingerprint density at radius 1 is 1.53 bits per heavy atom. The lowest BCUT2D eigenvalue weighted by Crippen LogP contribution is -2.45. The molecular formula is C11H18N4O3S. The van der Waals surface area contributed by atoms with Gasteiger partial charge in [0.1, 0.15) is 4.90 Å². The molecular weight excluding hydrogens is 268 g/mol. The van der Waals surface area contributed by atoms with E-state index in [2.05, 4.69) is 10.4 Å². The highest BCUT2D eigenvalue weighted by atomic mass is 32.2. The number of aromatic nitrogens is 1. The number of nitrogens with zero attached hydrogens (tertiary/aromatic N) is 2. The maximum Gasteiger partial charge on any atom is 0.247 e. The molecule has 1 aromatic heterocycles. The molecule has 2 rings (SSSR count). The van der Waals surface area contributed by atoms with Crippen LogP contribution in [0.2, 0.25) is 0 Å². The molecule has 1 aromatic rings. The molecule has 0 bridgehead atoms. The average Bonchev–Trinajstić information content (AvgIpc) is 2.36. The molecule has 0 aromatic carbocycles. The van der Waals surface area contributed by atoms with Crippen molar-refractivity contribution in [3.05, 3.63) is 18.3 Å². The van der Waals surface area contributed by atoms with E-state index in [1.54, 1.807) is 6.07 Å². The van der Waals surface area contributed by atoms with Crippen molar-refractivity contribution in [2.75, 3.05) is 18.6 Å². The van der Waals surface area contributed by atoms with Gasteiger partial charge in [-0.15, -0.1) is 0 Å². The quantitative estimate of drug-likeness (QED) is 0.498. The first kappa shape index (κ1) is 14.2. The standard InChI is InChI=1S/C11H18N4O3S/c12-14-11-10(5-2-6-13-11)19(17,18)15(7-8-16)9-3-1-4-9/h2,5-6,9,16H,1,3-4,7-8,12H2,(H,13,14). The lowest BCUT2D eigenvalue weighted by atomic mass is 9.93. The van der Waals surface area contributed by atoms with Gasteiger partial charge >= 0.3 is 0 Å². The van der Waals surface area contributed by atoms with Crippen LogP contribution in [0, 0.1) is 0 Å². The molecule has 106 valence electrons. The van der Waals surface area contributed by atoms with Crippen LogP contribution >= 0.6 is 0 Å². The second-order valence-electron chi connectivity index (χ2n) is 4.42. The van der Waals surface area contributed by atoms with Gasteiger partial charge in [0.25, 0.3) is 0 Å². The number of sulfonamides is 1. The normalized spacial score (nSPS) is 16.4. The SMILES string of the molecule is NNc1ncccc1S(=O)(=O)N(CCO)C1CCC1. The fourth-order valence-electron chi connectivity index (χ4n) is 2.11. The molecule has 19 heavy (non-hydrogen) atoms. The number of nitrogen functional groups attached to an aromatic ring is 1. The summed E-state index contributed by atoms with van der Waals surface area (Å²) in [4.78, 5) is 3.94. The van der Waals surface area contributed by atoms with Crippen LogP contribution in [0.1, 0.15) is 19.3 Å². The number of rotatable bonds is 6. The van der Waals surface area contributed by atoms with Crippen molar-refractivity contribution in [2.45, 2.75) is 30.2 Å². The van der Waals surface area contributed by atoms with Gasteiger partial charge in [0.2, 0.25) is 10.0 Å². The number of aliphatic hydroxyl groups excluding tert-OH is 1. The maximum atomic E-state index is 12.6. The minimum Gasteiger partial charge on any atom is -0.395 e.